The zero-order chi connectivity index (χ0) is 12.4. The van der Waals surface area contributed by atoms with Gasteiger partial charge < -0.3 is 9.67 Å². The number of aliphatic carboxylic acids is 1. The molecule has 5 heteroatoms. The van der Waals surface area contributed by atoms with E-state index >= 15 is 0 Å². The van der Waals surface area contributed by atoms with Crippen molar-refractivity contribution in [2.75, 3.05) is 6.54 Å². The van der Waals surface area contributed by atoms with Crippen LogP contribution in [0.15, 0.2) is 12.5 Å². The third-order valence-electron chi connectivity index (χ3n) is 3.71. The summed E-state index contributed by atoms with van der Waals surface area (Å²) in [4.78, 5) is 17.4. The van der Waals surface area contributed by atoms with Crippen molar-refractivity contribution in [1.82, 2.24) is 14.5 Å². The Balaban J connectivity index is 2.03. The Bertz CT molecular complexity index is 402. The normalized spacial score (nSPS) is 25.3. The first-order valence-electron chi connectivity index (χ1n) is 6.09. The number of rotatable bonds is 4. The Labute approximate surface area is 101 Å². The molecule has 1 aromatic heterocycles. The van der Waals surface area contributed by atoms with E-state index in [1.165, 1.54) is 0 Å². The van der Waals surface area contributed by atoms with Gasteiger partial charge in [-0.15, -0.1) is 0 Å². The van der Waals surface area contributed by atoms with E-state index in [0.29, 0.717) is 0 Å². The Morgan fingerprint density at radius 1 is 1.65 bits per heavy atom. The summed E-state index contributed by atoms with van der Waals surface area (Å²) in [5, 5.41) is 9.08. The van der Waals surface area contributed by atoms with Crippen molar-refractivity contribution in [3.8, 4) is 0 Å². The number of hydrogen-bond donors (Lipinski definition) is 1. The molecule has 1 N–H and O–H groups in total. The van der Waals surface area contributed by atoms with Crippen LogP contribution >= 0.6 is 0 Å². The second-order valence-electron chi connectivity index (χ2n) is 4.62. The van der Waals surface area contributed by atoms with Gasteiger partial charge in [0.05, 0.1) is 17.9 Å². The second kappa shape index (κ2) is 4.87. The average Bonchev–Trinajstić information content (AvgIpc) is 2.87. The molecule has 5 nitrogen and oxygen atoms in total. The summed E-state index contributed by atoms with van der Waals surface area (Å²) in [7, 11) is 0. The van der Waals surface area contributed by atoms with Crippen molar-refractivity contribution in [1.29, 1.82) is 0 Å². The number of carboxylic acids is 1. The van der Waals surface area contributed by atoms with Crippen molar-refractivity contribution >= 4 is 5.97 Å². The highest BCUT2D eigenvalue weighted by Crippen LogP contribution is 2.25. The zero-order valence-corrected chi connectivity index (χ0v) is 10.3. The Morgan fingerprint density at radius 3 is 3.00 bits per heavy atom. The van der Waals surface area contributed by atoms with Crippen molar-refractivity contribution in [3.63, 3.8) is 0 Å². The lowest BCUT2D eigenvalue weighted by Gasteiger charge is -2.23. The van der Waals surface area contributed by atoms with E-state index in [9.17, 15) is 4.79 Å². The van der Waals surface area contributed by atoms with E-state index in [4.69, 9.17) is 5.11 Å². The maximum atomic E-state index is 11.0. The minimum Gasteiger partial charge on any atom is -0.481 e. The molecule has 0 spiro atoms. The summed E-state index contributed by atoms with van der Waals surface area (Å²) in [6, 6.07) is 0.104. The predicted octanol–water partition coefficient (Wildman–Crippen LogP) is 1.20. The standard InChI is InChI=1S/C12H19N3O2/c1-3-14-8-13-6-10(14)7-15-5-4-11(9(15)2)12(16)17/h6,8-9,11H,3-5,7H2,1-2H3,(H,16,17). The van der Waals surface area contributed by atoms with Crippen molar-refractivity contribution in [3.05, 3.63) is 18.2 Å². The maximum absolute atomic E-state index is 11.0. The van der Waals surface area contributed by atoms with Crippen LogP contribution in [0.2, 0.25) is 0 Å². The predicted molar refractivity (Wildman–Crippen MR) is 63.5 cm³/mol. The molecule has 0 saturated carbocycles. The molecular formula is C12H19N3O2. The van der Waals surface area contributed by atoms with E-state index in [2.05, 4.69) is 21.4 Å². The Morgan fingerprint density at radius 2 is 2.41 bits per heavy atom. The summed E-state index contributed by atoms with van der Waals surface area (Å²) in [6.45, 7) is 6.63. The molecule has 1 saturated heterocycles. The number of nitrogens with zero attached hydrogens (tertiary/aromatic N) is 3. The number of carbonyl (C=O) groups is 1. The SMILES string of the molecule is CCn1cncc1CN1CCC(C(=O)O)C1C. The van der Waals surface area contributed by atoms with Gasteiger partial charge in [-0.05, 0) is 26.8 Å². The smallest absolute Gasteiger partial charge is 0.308 e. The van der Waals surface area contributed by atoms with Crippen LogP contribution < -0.4 is 0 Å². The molecule has 2 atom stereocenters. The number of aromatic nitrogens is 2. The van der Waals surface area contributed by atoms with Gasteiger partial charge in [0.2, 0.25) is 0 Å². The molecule has 0 aromatic carbocycles. The van der Waals surface area contributed by atoms with E-state index in [0.717, 1.165) is 31.7 Å². The number of imidazole rings is 1. The van der Waals surface area contributed by atoms with Gasteiger partial charge >= 0.3 is 5.97 Å². The fourth-order valence-electron chi connectivity index (χ4n) is 2.53. The van der Waals surface area contributed by atoms with E-state index < -0.39 is 5.97 Å². The van der Waals surface area contributed by atoms with Gasteiger partial charge in [-0.1, -0.05) is 0 Å². The zero-order valence-electron chi connectivity index (χ0n) is 10.3. The topological polar surface area (TPSA) is 58.4 Å². The van der Waals surface area contributed by atoms with Crippen LogP contribution in [0.4, 0.5) is 0 Å². The molecule has 17 heavy (non-hydrogen) atoms. The molecule has 1 fully saturated rings. The van der Waals surface area contributed by atoms with Crippen LogP contribution in [0.1, 0.15) is 26.0 Å². The van der Waals surface area contributed by atoms with Crippen LogP contribution in [0.25, 0.3) is 0 Å². The lowest BCUT2D eigenvalue weighted by atomic mass is 10.0. The molecule has 2 heterocycles. The Kier molecular flexibility index (Phi) is 3.47. The molecule has 1 aromatic rings. The monoisotopic (exact) mass is 237 g/mol. The number of aryl methyl sites for hydroxylation is 1. The van der Waals surface area contributed by atoms with E-state index in [-0.39, 0.29) is 12.0 Å². The largest absolute Gasteiger partial charge is 0.481 e. The number of carboxylic acid groups (broad SMARTS) is 1. The highest BCUT2D eigenvalue weighted by atomic mass is 16.4. The maximum Gasteiger partial charge on any atom is 0.308 e. The van der Waals surface area contributed by atoms with Gasteiger partial charge in [0.15, 0.2) is 0 Å². The Hall–Kier alpha value is -1.36. The minimum atomic E-state index is -0.677. The lowest BCUT2D eigenvalue weighted by molar-refractivity contribution is -0.142. The van der Waals surface area contributed by atoms with E-state index in [1.807, 2.05) is 19.4 Å². The first-order chi connectivity index (χ1) is 8.13. The molecule has 2 unspecified atom stereocenters. The average molecular weight is 237 g/mol. The molecule has 2 rings (SSSR count). The van der Waals surface area contributed by atoms with Crippen molar-refractivity contribution in [2.45, 2.75) is 39.4 Å². The van der Waals surface area contributed by atoms with Crippen LogP contribution in [-0.2, 0) is 17.9 Å². The summed E-state index contributed by atoms with van der Waals surface area (Å²) in [5.41, 5.74) is 1.16. The van der Waals surface area contributed by atoms with Gasteiger partial charge in [0.1, 0.15) is 0 Å². The second-order valence-corrected chi connectivity index (χ2v) is 4.62. The molecule has 1 aliphatic heterocycles. The number of hydrogen-bond acceptors (Lipinski definition) is 3. The quantitative estimate of drug-likeness (QED) is 0.854. The fourth-order valence-corrected chi connectivity index (χ4v) is 2.53. The van der Waals surface area contributed by atoms with Crippen LogP contribution in [0.5, 0.6) is 0 Å². The van der Waals surface area contributed by atoms with Crippen molar-refractivity contribution < 1.29 is 9.90 Å². The third-order valence-corrected chi connectivity index (χ3v) is 3.71. The first-order valence-corrected chi connectivity index (χ1v) is 6.09. The van der Waals surface area contributed by atoms with Gasteiger partial charge in [-0.25, -0.2) is 4.98 Å². The summed E-state index contributed by atoms with van der Waals surface area (Å²) >= 11 is 0. The van der Waals surface area contributed by atoms with Crippen LogP contribution in [0.3, 0.4) is 0 Å². The highest BCUT2D eigenvalue weighted by molar-refractivity contribution is 5.71. The molecule has 0 aliphatic carbocycles. The minimum absolute atomic E-state index is 0.104. The van der Waals surface area contributed by atoms with Crippen LogP contribution in [-0.4, -0.2) is 38.1 Å². The van der Waals surface area contributed by atoms with Gasteiger partial charge in [-0.3, -0.25) is 9.69 Å². The van der Waals surface area contributed by atoms with Crippen molar-refractivity contribution in [2.24, 2.45) is 5.92 Å². The summed E-state index contributed by atoms with van der Waals surface area (Å²) in [6.07, 6.45) is 4.44. The first kappa shape index (κ1) is 12.1. The fraction of sp³-hybridized carbons (Fsp3) is 0.667. The molecule has 0 bridgehead atoms. The molecule has 94 valence electrons. The van der Waals surface area contributed by atoms with Gasteiger partial charge in [0.25, 0.3) is 0 Å². The summed E-state index contributed by atoms with van der Waals surface area (Å²) < 4.78 is 2.10. The molecule has 0 radical (unpaired) electrons. The number of likely N-dealkylation sites (tertiary alicyclic amines) is 1. The molecular weight excluding hydrogens is 218 g/mol. The third kappa shape index (κ3) is 2.34. The van der Waals surface area contributed by atoms with Crippen LogP contribution in [0, 0.1) is 5.92 Å². The molecule has 1 aliphatic rings. The molecule has 0 amide bonds. The van der Waals surface area contributed by atoms with E-state index in [1.54, 1.807) is 0 Å². The summed E-state index contributed by atoms with van der Waals surface area (Å²) in [5.74, 6) is -0.906. The van der Waals surface area contributed by atoms with Gasteiger partial charge in [-0.2, -0.15) is 0 Å². The highest BCUT2D eigenvalue weighted by Gasteiger charge is 2.35. The van der Waals surface area contributed by atoms with Gasteiger partial charge in [0, 0.05) is 25.3 Å². The lowest BCUT2D eigenvalue weighted by Crippen LogP contribution is -2.33.